The van der Waals surface area contributed by atoms with Gasteiger partial charge in [0.2, 0.25) is 5.69 Å². The molecule has 0 saturated carbocycles. The van der Waals surface area contributed by atoms with Gasteiger partial charge in [0, 0.05) is 70.0 Å². The summed E-state index contributed by atoms with van der Waals surface area (Å²) in [6.45, 7) is 4.24. The van der Waals surface area contributed by atoms with Crippen molar-refractivity contribution in [1.29, 1.82) is 0 Å². The Labute approximate surface area is 320 Å². The fraction of sp³-hybridized carbons (Fsp3) is 0.383. The summed E-state index contributed by atoms with van der Waals surface area (Å²) in [5, 5.41) is 6.59. The fourth-order valence-corrected chi connectivity index (χ4v) is 6.77. The number of nitrogens with zero attached hydrogens (tertiary/aromatic N) is 6. The third kappa shape index (κ3) is 14.5. The highest BCUT2D eigenvalue weighted by Crippen LogP contribution is 2.20. The molecule has 4 aromatic rings. The predicted octanol–water partition coefficient (Wildman–Crippen LogP) is 9.83. The number of unbranched alkanes of at least 4 members (excludes halogenated alkanes) is 6. The second kappa shape index (κ2) is 22.9. The molecule has 5 rings (SSSR count). The minimum Gasteiger partial charge on any atom is -0.374 e. The van der Waals surface area contributed by atoms with Crippen LogP contribution in [-0.2, 0) is 13.1 Å². The zero-order valence-electron chi connectivity index (χ0n) is 32.3. The summed E-state index contributed by atoms with van der Waals surface area (Å²) in [4.78, 5) is 4.70. The van der Waals surface area contributed by atoms with Crippen LogP contribution in [0.1, 0.15) is 81.9 Å². The van der Waals surface area contributed by atoms with E-state index >= 15 is 0 Å². The van der Waals surface area contributed by atoms with Crippen LogP contribution < -0.4 is 19.0 Å². The molecule has 6 heteroatoms. The standard InChI is InChI=1S/C47H62N6/c1-49(45-25-10-7-11-26-45)33-19-14-23-44-31-40-52(41-32-44)35-17-6-5-16-34-51-36-21-24-43(30-39-51)22-9-3-4-18-37-53-38-20-15-29-47(53)42-48-50(2)46-27-12-8-13-28-46/h7-8,10-15,20-21,23,25-32,36,38-43H,3-6,9,16-19,22,24,33-35,37H2,1-2H3/q+2/b23-14+. The van der Waals surface area contributed by atoms with Crippen molar-refractivity contribution in [1.82, 2.24) is 4.90 Å². The van der Waals surface area contributed by atoms with Crippen LogP contribution in [0.15, 0.2) is 145 Å². The highest BCUT2D eigenvalue weighted by atomic mass is 15.4. The van der Waals surface area contributed by atoms with Crippen molar-refractivity contribution in [3.8, 4) is 0 Å². The topological polar surface area (TPSA) is 29.8 Å². The third-order valence-corrected chi connectivity index (χ3v) is 10.1. The highest BCUT2D eigenvalue weighted by Gasteiger charge is 2.10. The molecule has 0 fully saturated rings. The molecule has 1 aliphatic rings. The molecule has 0 saturated heterocycles. The zero-order valence-corrected chi connectivity index (χ0v) is 32.3. The molecule has 1 aliphatic heterocycles. The number of aryl methyl sites for hydroxylation is 2. The smallest absolute Gasteiger partial charge is 0.225 e. The van der Waals surface area contributed by atoms with Crippen LogP contribution in [0.25, 0.3) is 6.08 Å². The number of para-hydroxylation sites is 2. The van der Waals surface area contributed by atoms with Gasteiger partial charge in [0.15, 0.2) is 18.6 Å². The Morgan fingerprint density at radius 1 is 0.717 bits per heavy atom. The van der Waals surface area contributed by atoms with Gasteiger partial charge in [-0.15, -0.1) is 0 Å². The Morgan fingerprint density at radius 2 is 1.42 bits per heavy atom. The second-order valence-electron chi connectivity index (χ2n) is 14.3. The van der Waals surface area contributed by atoms with E-state index in [4.69, 9.17) is 0 Å². The van der Waals surface area contributed by atoms with E-state index in [2.05, 4.69) is 159 Å². The summed E-state index contributed by atoms with van der Waals surface area (Å²) in [6, 6.07) is 31.6. The Kier molecular flexibility index (Phi) is 16.9. The molecular formula is C47H62N6+2. The summed E-state index contributed by atoms with van der Waals surface area (Å²) in [6.07, 6.45) is 36.1. The maximum absolute atomic E-state index is 4.67. The lowest BCUT2D eigenvalue weighted by molar-refractivity contribution is -0.698. The average molecular weight is 711 g/mol. The van der Waals surface area contributed by atoms with Gasteiger partial charge in [-0.1, -0.05) is 80.0 Å². The minimum absolute atomic E-state index is 0.657. The van der Waals surface area contributed by atoms with Gasteiger partial charge in [0.25, 0.3) is 0 Å². The number of rotatable bonds is 22. The summed E-state index contributed by atoms with van der Waals surface area (Å²) in [7, 11) is 4.15. The lowest BCUT2D eigenvalue weighted by Crippen LogP contribution is -2.38. The summed E-state index contributed by atoms with van der Waals surface area (Å²) in [5.41, 5.74) is 4.76. The van der Waals surface area contributed by atoms with E-state index < -0.39 is 0 Å². The van der Waals surface area contributed by atoms with Crippen molar-refractivity contribution in [2.45, 2.75) is 83.7 Å². The Hall–Kier alpha value is -4.97. The fourth-order valence-electron chi connectivity index (χ4n) is 6.77. The molecule has 3 heterocycles. The van der Waals surface area contributed by atoms with Crippen LogP contribution in [0, 0.1) is 5.92 Å². The molecule has 1 atom stereocenters. The normalized spacial score (nSPS) is 14.3. The van der Waals surface area contributed by atoms with Gasteiger partial charge < -0.3 is 9.80 Å². The van der Waals surface area contributed by atoms with Gasteiger partial charge in [-0.25, -0.2) is 4.57 Å². The molecule has 2 aromatic carbocycles. The van der Waals surface area contributed by atoms with E-state index in [9.17, 15) is 0 Å². The number of benzene rings is 2. The Morgan fingerprint density at radius 3 is 2.21 bits per heavy atom. The first-order valence-corrected chi connectivity index (χ1v) is 20.0. The summed E-state index contributed by atoms with van der Waals surface area (Å²) < 4.78 is 4.64. The molecule has 0 bridgehead atoms. The number of hydrogen-bond donors (Lipinski definition) is 0. The minimum atomic E-state index is 0.657. The molecule has 1 unspecified atom stereocenters. The number of hydrogen-bond acceptors (Lipinski definition) is 4. The Balaban J connectivity index is 0.886. The number of anilines is 2. The predicted molar refractivity (Wildman–Crippen MR) is 224 cm³/mol. The van der Waals surface area contributed by atoms with Crippen molar-refractivity contribution in [2.24, 2.45) is 11.0 Å². The molecule has 278 valence electrons. The van der Waals surface area contributed by atoms with Crippen LogP contribution in [0.4, 0.5) is 11.4 Å². The van der Waals surface area contributed by atoms with Crippen LogP contribution >= 0.6 is 0 Å². The first-order chi connectivity index (χ1) is 26.1. The molecular weight excluding hydrogens is 649 g/mol. The first-order valence-electron chi connectivity index (χ1n) is 20.0. The highest BCUT2D eigenvalue weighted by molar-refractivity contribution is 5.76. The van der Waals surface area contributed by atoms with Crippen molar-refractivity contribution in [2.75, 3.05) is 37.1 Å². The SMILES string of the molecule is CN(CC/C=C/c1cc[n+](CCCCCCN2C=CCC(CCCCCC[n+]3ccccc3/C=N/N(C)c3ccccc3)C=C2)cc1)c1ccccc1. The van der Waals surface area contributed by atoms with E-state index in [1.807, 2.05) is 36.5 Å². The maximum Gasteiger partial charge on any atom is 0.225 e. The number of pyridine rings is 2. The number of allylic oxidation sites excluding steroid dienone is 2. The van der Waals surface area contributed by atoms with Crippen LogP contribution in [0.3, 0.4) is 0 Å². The molecule has 0 amide bonds. The van der Waals surface area contributed by atoms with Crippen molar-refractivity contribution in [3.05, 3.63) is 151 Å². The molecule has 0 spiro atoms. The van der Waals surface area contributed by atoms with Crippen molar-refractivity contribution in [3.63, 3.8) is 0 Å². The molecule has 0 aliphatic carbocycles. The third-order valence-electron chi connectivity index (χ3n) is 10.1. The molecule has 0 N–H and O–H groups in total. The number of aromatic nitrogens is 2. The summed E-state index contributed by atoms with van der Waals surface area (Å²) >= 11 is 0. The maximum atomic E-state index is 4.67. The van der Waals surface area contributed by atoms with Crippen molar-refractivity contribution < 1.29 is 9.13 Å². The molecule has 2 aromatic heterocycles. The van der Waals surface area contributed by atoms with Gasteiger partial charge in [-0.3, -0.25) is 5.01 Å². The van der Waals surface area contributed by atoms with E-state index in [0.29, 0.717) is 5.92 Å². The molecule has 6 nitrogen and oxygen atoms in total. The molecule has 53 heavy (non-hydrogen) atoms. The van der Waals surface area contributed by atoms with Gasteiger partial charge in [0.1, 0.15) is 19.3 Å². The van der Waals surface area contributed by atoms with Gasteiger partial charge in [-0.05, 0) is 92.7 Å². The van der Waals surface area contributed by atoms with E-state index in [1.54, 1.807) is 0 Å². The largest absolute Gasteiger partial charge is 0.374 e. The van der Waals surface area contributed by atoms with Crippen LogP contribution in [0.5, 0.6) is 0 Å². The van der Waals surface area contributed by atoms with E-state index in [0.717, 1.165) is 50.4 Å². The van der Waals surface area contributed by atoms with Gasteiger partial charge >= 0.3 is 0 Å². The molecule has 0 radical (unpaired) electrons. The summed E-state index contributed by atoms with van der Waals surface area (Å²) in [5.74, 6) is 0.657. The number of hydrazone groups is 1. The van der Waals surface area contributed by atoms with E-state index in [-0.39, 0.29) is 0 Å². The Bertz CT molecular complexity index is 1700. The van der Waals surface area contributed by atoms with Crippen LogP contribution in [0.2, 0.25) is 0 Å². The first kappa shape index (κ1) is 39.2. The zero-order chi connectivity index (χ0) is 36.8. The average Bonchev–Trinajstić information content (AvgIpc) is 3.44. The van der Waals surface area contributed by atoms with Gasteiger partial charge in [-0.2, -0.15) is 9.67 Å². The lowest BCUT2D eigenvalue weighted by Gasteiger charge is -2.17. The monoisotopic (exact) mass is 711 g/mol. The van der Waals surface area contributed by atoms with Gasteiger partial charge in [0.05, 0.1) is 5.69 Å². The van der Waals surface area contributed by atoms with Crippen LogP contribution in [-0.4, -0.2) is 38.3 Å². The quantitative estimate of drug-likeness (QED) is 0.0352. The van der Waals surface area contributed by atoms with Crippen molar-refractivity contribution >= 4 is 23.7 Å². The second-order valence-corrected chi connectivity index (χ2v) is 14.3. The lowest BCUT2D eigenvalue weighted by atomic mass is 9.97. The van der Waals surface area contributed by atoms with E-state index in [1.165, 1.54) is 69.0 Å².